The molecule has 2 aromatic heterocycles. The second-order valence-electron chi connectivity index (χ2n) is 5.69. The highest BCUT2D eigenvalue weighted by atomic mass is 79.9. The Morgan fingerprint density at radius 1 is 1.25 bits per heavy atom. The van der Waals surface area contributed by atoms with E-state index >= 15 is 0 Å². The van der Waals surface area contributed by atoms with Gasteiger partial charge in [-0.25, -0.2) is 4.98 Å². The number of aromatic nitrogens is 3. The lowest BCUT2D eigenvalue weighted by molar-refractivity contribution is -0.404. The van der Waals surface area contributed by atoms with Crippen LogP contribution in [-0.4, -0.2) is 44.5 Å². The number of nitrogens with zero attached hydrogens (tertiary/aromatic N) is 3. The van der Waals surface area contributed by atoms with E-state index in [0.717, 1.165) is 50.8 Å². The Kier molecular flexibility index (Phi) is 10.2. The van der Waals surface area contributed by atoms with Crippen molar-refractivity contribution >= 4 is 39.5 Å². The van der Waals surface area contributed by atoms with Crippen molar-refractivity contribution in [1.82, 2.24) is 25.6 Å². The number of hydrogen-bond acceptors (Lipinski definition) is 8. The van der Waals surface area contributed by atoms with Crippen molar-refractivity contribution in [2.45, 2.75) is 18.4 Å². The molecule has 0 saturated carbocycles. The summed E-state index contributed by atoms with van der Waals surface area (Å²) in [6, 6.07) is 3.85. The van der Waals surface area contributed by atoms with E-state index in [0.29, 0.717) is 18.9 Å². The van der Waals surface area contributed by atoms with Crippen LogP contribution in [0.25, 0.3) is 0 Å². The summed E-state index contributed by atoms with van der Waals surface area (Å²) in [7, 11) is 0. The topological polar surface area (TPSA) is 109 Å². The molecule has 0 fully saturated rings. The standard InChI is InChI=1S/C17H23BrN6O2S2/c1-13-15(23-12-22-13)10-27-7-5-20-17(9-24(25)26)21-6-8-28-11-16-14(18)3-2-4-19-16/h2-4,9,12,20-21H,5-8,10-11H2,1H3,(H,22,23)/b17-9-. The number of rotatable bonds is 13. The summed E-state index contributed by atoms with van der Waals surface area (Å²) in [6.07, 6.45) is 4.44. The molecule has 0 atom stereocenters. The van der Waals surface area contributed by atoms with Crippen LogP contribution >= 0.6 is 39.5 Å². The Morgan fingerprint density at radius 3 is 2.50 bits per heavy atom. The molecule has 0 aliphatic rings. The van der Waals surface area contributed by atoms with Gasteiger partial charge in [0.25, 0.3) is 6.20 Å². The average Bonchev–Trinajstić information content (AvgIpc) is 3.06. The van der Waals surface area contributed by atoms with Gasteiger partial charge in [-0.05, 0) is 35.0 Å². The fourth-order valence-electron chi connectivity index (χ4n) is 2.17. The Labute approximate surface area is 181 Å². The maximum atomic E-state index is 10.8. The Balaban J connectivity index is 1.63. The zero-order chi connectivity index (χ0) is 20.2. The van der Waals surface area contributed by atoms with E-state index < -0.39 is 4.92 Å². The molecule has 2 rings (SSSR count). The Hall–Kier alpha value is -1.72. The van der Waals surface area contributed by atoms with Crippen molar-refractivity contribution in [2.75, 3.05) is 24.6 Å². The van der Waals surface area contributed by atoms with Gasteiger partial charge >= 0.3 is 0 Å². The van der Waals surface area contributed by atoms with Gasteiger partial charge in [0, 0.05) is 52.5 Å². The third-order valence-corrected chi connectivity index (χ3v) is 6.27. The number of nitrogens with one attached hydrogen (secondary N) is 3. The molecule has 0 aromatic carbocycles. The summed E-state index contributed by atoms with van der Waals surface area (Å²) in [6.45, 7) is 3.25. The van der Waals surface area contributed by atoms with Gasteiger partial charge in [-0.15, -0.1) is 0 Å². The number of imidazole rings is 1. The predicted octanol–water partition coefficient (Wildman–Crippen LogP) is 3.30. The molecule has 0 amide bonds. The molecule has 0 radical (unpaired) electrons. The zero-order valence-electron chi connectivity index (χ0n) is 15.5. The van der Waals surface area contributed by atoms with Crippen LogP contribution in [0.4, 0.5) is 0 Å². The van der Waals surface area contributed by atoms with E-state index in [9.17, 15) is 10.1 Å². The van der Waals surface area contributed by atoms with Crippen molar-refractivity contribution in [3.63, 3.8) is 0 Å². The average molecular weight is 487 g/mol. The second kappa shape index (κ2) is 12.7. The summed E-state index contributed by atoms with van der Waals surface area (Å²) < 4.78 is 0.994. The van der Waals surface area contributed by atoms with Gasteiger partial charge in [-0.2, -0.15) is 23.5 Å². The first kappa shape index (κ1) is 22.6. The highest BCUT2D eigenvalue weighted by molar-refractivity contribution is 9.10. The van der Waals surface area contributed by atoms with E-state index in [1.54, 1.807) is 36.0 Å². The predicted molar refractivity (Wildman–Crippen MR) is 119 cm³/mol. The molecule has 8 nitrogen and oxygen atoms in total. The zero-order valence-corrected chi connectivity index (χ0v) is 18.7. The first-order valence-corrected chi connectivity index (χ1v) is 11.7. The van der Waals surface area contributed by atoms with Crippen LogP contribution < -0.4 is 10.6 Å². The van der Waals surface area contributed by atoms with Crippen LogP contribution in [0.3, 0.4) is 0 Å². The van der Waals surface area contributed by atoms with Crippen LogP contribution in [0, 0.1) is 17.0 Å². The smallest absolute Gasteiger partial charge is 0.274 e. The normalized spacial score (nSPS) is 11.4. The van der Waals surface area contributed by atoms with Crippen LogP contribution in [0.2, 0.25) is 0 Å². The number of nitro groups is 1. The Bertz CT molecular complexity index is 787. The van der Waals surface area contributed by atoms with E-state index in [2.05, 4.69) is 41.5 Å². The molecule has 28 heavy (non-hydrogen) atoms. The third kappa shape index (κ3) is 8.53. The van der Waals surface area contributed by atoms with Gasteiger partial charge in [0.05, 0.1) is 22.6 Å². The van der Waals surface area contributed by atoms with Crippen LogP contribution in [-0.2, 0) is 11.5 Å². The van der Waals surface area contributed by atoms with Gasteiger partial charge < -0.3 is 15.6 Å². The molecule has 2 aromatic rings. The molecule has 0 bridgehead atoms. The minimum absolute atomic E-state index is 0.432. The fourth-order valence-corrected chi connectivity index (χ4v) is 4.44. The van der Waals surface area contributed by atoms with Gasteiger partial charge in [0.2, 0.25) is 0 Å². The van der Waals surface area contributed by atoms with E-state index in [-0.39, 0.29) is 0 Å². The number of halogens is 1. The summed E-state index contributed by atoms with van der Waals surface area (Å²) in [5, 5.41) is 17.0. The molecule has 11 heteroatoms. The lowest BCUT2D eigenvalue weighted by Crippen LogP contribution is -2.30. The second-order valence-corrected chi connectivity index (χ2v) is 8.76. The fraction of sp³-hybridized carbons (Fsp3) is 0.412. The minimum atomic E-state index is -0.451. The largest absolute Gasteiger partial charge is 0.366 e. The number of H-pyrrole nitrogens is 1. The van der Waals surface area contributed by atoms with E-state index in [1.807, 2.05) is 19.1 Å². The van der Waals surface area contributed by atoms with E-state index in [1.165, 1.54) is 0 Å². The minimum Gasteiger partial charge on any atom is -0.366 e. The summed E-state index contributed by atoms with van der Waals surface area (Å²) in [5.41, 5.74) is 3.11. The molecule has 0 aliphatic carbocycles. The van der Waals surface area contributed by atoms with Gasteiger partial charge in [-0.3, -0.25) is 15.1 Å². The number of hydrogen-bond donors (Lipinski definition) is 3. The maximum absolute atomic E-state index is 10.8. The monoisotopic (exact) mass is 486 g/mol. The lowest BCUT2D eigenvalue weighted by atomic mass is 10.4. The molecular formula is C17H23BrN6O2S2. The highest BCUT2D eigenvalue weighted by Crippen LogP contribution is 2.18. The number of aromatic amines is 1. The highest BCUT2D eigenvalue weighted by Gasteiger charge is 2.05. The van der Waals surface area contributed by atoms with Crippen molar-refractivity contribution < 1.29 is 4.92 Å². The molecular weight excluding hydrogens is 464 g/mol. The number of thioether (sulfide) groups is 2. The Morgan fingerprint density at radius 2 is 1.93 bits per heavy atom. The quantitative estimate of drug-likeness (QED) is 0.224. The first-order chi connectivity index (χ1) is 13.6. The van der Waals surface area contributed by atoms with Crippen molar-refractivity contribution in [2.24, 2.45) is 0 Å². The first-order valence-electron chi connectivity index (χ1n) is 8.63. The van der Waals surface area contributed by atoms with Gasteiger partial charge in [-0.1, -0.05) is 0 Å². The van der Waals surface area contributed by atoms with Gasteiger partial charge in [0.15, 0.2) is 5.82 Å². The third-order valence-electron chi connectivity index (χ3n) is 3.60. The van der Waals surface area contributed by atoms with Crippen molar-refractivity contribution in [1.29, 1.82) is 0 Å². The lowest BCUT2D eigenvalue weighted by Gasteiger charge is -2.11. The molecule has 0 spiro atoms. The molecule has 0 aliphatic heterocycles. The van der Waals surface area contributed by atoms with Crippen LogP contribution in [0.1, 0.15) is 17.1 Å². The molecule has 0 unspecified atom stereocenters. The molecule has 0 saturated heterocycles. The van der Waals surface area contributed by atoms with Crippen molar-refractivity contribution in [3.8, 4) is 0 Å². The maximum Gasteiger partial charge on any atom is 0.274 e. The van der Waals surface area contributed by atoms with Gasteiger partial charge in [0.1, 0.15) is 0 Å². The van der Waals surface area contributed by atoms with E-state index in [4.69, 9.17) is 0 Å². The summed E-state index contributed by atoms with van der Waals surface area (Å²) in [4.78, 5) is 22.0. The molecule has 2 heterocycles. The summed E-state index contributed by atoms with van der Waals surface area (Å²) >= 11 is 6.93. The SMILES string of the molecule is Cc1[nH]cnc1CSCCN/C(=C/[N+](=O)[O-])NCCSCc1ncccc1Br. The number of aryl methyl sites for hydroxylation is 1. The molecule has 152 valence electrons. The van der Waals surface area contributed by atoms with Crippen LogP contribution in [0.5, 0.6) is 0 Å². The molecule has 3 N–H and O–H groups in total. The summed E-state index contributed by atoms with van der Waals surface area (Å²) in [5.74, 6) is 3.67. The van der Waals surface area contributed by atoms with Crippen molar-refractivity contribution in [3.05, 3.63) is 68.3 Å². The number of pyridine rings is 1. The van der Waals surface area contributed by atoms with Crippen LogP contribution in [0.15, 0.2) is 41.2 Å².